The molecule has 1 fully saturated rings. The quantitative estimate of drug-likeness (QED) is 0.694. The maximum atomic E-state index is 10.5. The predicted octanol–water partition coefficient (Wildman–Crippen LogP) is 1.22. The fraction of sp³-hybridized carbons (Fsp3) is 0.222. The second-order valence-corrected chi connectivity index (χ2v) is 2.78. The standard InChI is InChI=1S/C9H9NO3/c10-9(11)13-7-4-2-1-3-6(7)8-5-12-8/h1-4,8H,5H2,(H2,10,11). The first kappa shape index (κ1) is 8.07. The van der Waals surface area contributed by atoms with Crippen LogP contribution in [0.4, 0.5) is 4.79 Å². The van der Waals surface area contributed by atoms with Crippen LogP contribution in [-0.4, -0.2) is 12.7 Å². The van der Waals surface area contributed by atoms with Crippen molar-refractivity contribution in [1.29, 1.82) is 0 Å². The summed E-state index contributed by atoms with van der Waals surface area (Å²) in [6, 6.07) is 7.20. The molecular weight excluding hydrogens is 170 g/mol. The minimum absolute atomic E-state index is 0.0653. The van der Waals surface area contributed by atoms with Crippen LogP contribution in [0.1, 0.15) is 11.7 Å². The number of rotatable bonds is 2. The summed E-state index contributed by atoms with van der Waals surface area (Å²) in [7, 11) is 0. The van der Waals surface area contributed by atoms with Gasteiger partial charge in [0.2, 0.25) is 0 Å². The van der Waals surface area contributed by atoms with Gasteiger partial charge in [-0.3, -0.25) is 0 Å². The summed E-state index contributed by atoms with van der Waals surface area (Å²) in [6.45, 7) is 0.680. The van der Waals surface area contributed by atoms with Crippen LogP contribution in [0.3, 0.4) is 0 Å². The molecule has 1 saturated heterocycles. The third-order valence-corrected chi connectivity index (χ3v) is 1.81. The van der Waals surface area contributed by atoms with E-state index < -0.39 is 6.09 Å². The second kappa shape index (κ2) is 3.06. The Bertz CT molecular complexity index is 333. The summed E-state index contributed by atoms with van der Waals surface area (Å²) >= 11 is 0. The Morgan fingerprint density at radius 2 is 2.23 bits per heavy atom. The number of para-hydroxylation sites is 1. The Labute approximate surface area is 75.2 Å². The van der Waals surface area contributed by atoms with Crippen LogP contribution in [-0.2, 0) is 4.74 Å². The molecule has 1 aliphatic rings. The van der Waals surface area contributed by atoms with Crippen LogP contribution in [0, 0.1) is 0 Å². The highest BCUT2D eigenvalue weighted by Gasteiger charge is 2.28. The molecule has 1 aromatic rings. The van der Waals surface area contributed by atoms with E-state index in [2.05, 4.69) is 0 Å². The number of amides is 1. The van der Waals surface area contributed by atoms with Crippen LogP contribution >= 0.6 is 0 Å². The highest BCUT2D eigenvalue weighted by atomic mass is 16.6. The minimum Gasteiger partial charge on any atom is -0.410 e. The number of hydrogen-bond donors (Lipinski definition) is 1. The summed E-state index contributed by atoms with van der Waals surface area (Å²) in [4.78, 5) is 10.5. The first-order valence-electron chi connectivity index (χ1n) is 3.95. The van der Waals surface area contributed by atoms with Gasteiger partial charge in [-0.15, -0.1) is 0 Å². The fourth-order valence-electron chi connectivity index (χ4n) is 1.18. The second-order valence-electron chi connectivity index (χ2n) is 2.78. The largest absolute Gasteiger partial charge is 0.410 e. The van der Waals surface area contributed by atoms with Crippen molar-refractivity contribution in [2.45, 2.75) is 6.10 Å². The van der Waals surface area contributed by atoms with E-state index in [1.54, 1.807) is 12.1 Å². The van der Waals surface area contributed by atoms with E-state index >= 15 is 0 Å². The maximum Gasteiger partial charge on any atom is 0.409 e. The van der Waals surface area contributed by atoms with Gasteiger partial charge in [-0.25, -0.2) is 4.79 Å². The van der Waals surface area contributed by atoms with E-state index in [9.17, 15) is 4.79 Å². The van der Waals surface area contributed by atoms with Crippen molar-refractivity contribution >= 4 is 6.09 Å². The predicted molar refractivity (Wildman–Crippen MR) is 45.3 cm³/mol. The Morgan fingerprint density at radius 3 is 2.85 bits per heavy atom. The fourth-order valence-corrected chi connectivity index (χ4v) is 1.18. The highest BCUT2D eigenvalue weighted by molar-refractivity contribution is 5.68. The van der Waals surface area contributed by atoms with Gasteiger partial charge in [0.25, 0.3) is 0 Å². The Hall–Kier alpha value is -1.55. The van der Waals surface area contributed by atoms with Gasteiger partial charge < -0.3 is 15.2 Å². The van der Waals surface area contributed by atoms with Gasteiger partial charge in [0.15, 0.2) is 0 Å². The summed E-state index contributed by atoms with van der Waals surface area (Å²) < 4.78 is 9.89. The molecule has 2 N–H and O–H groups in total. The number of hydrogen-bond acceptors (Lipinski definition) is 3. The van der Waals surface area contributed by atoms with Crippen molar-refractivity contribution in [3.05, 3.63) is 29.8 Å². The lowest BCUT2D eigenvalue weighted by Crippen LogP contribution is -2.17. The van der Waals surface area contributed by atoms with E-state index in [0.29, 0.717) is 12.4 Å². The Morgan fingerprint density at radius 1 is 1.54 bits per heavy atom. The van der Waals surface area contributed by atoms with E-state index in [1.807, 2.05) is 12.1 Å². The molecule has 1 aromatic carbocycles. The van der Waals surface area contributed by atoms with Crippen LogP contribution in [0.5, 0.6) is 5.75 Å². The minimum atomic E-state index is -0.798. The molecule has 0 aliphatic carbocycles. The first-order chi connectivity index (χ1) is 6.27. The van der Waals surface area contributed by atoms with Gasteiger partial charge in [-0.2, -0.15) is 0 Å². The van der Waals surface area contributed by atoms with Gasteiger partial charge in [-0.1, -0.05) is 18.2 Å². The third kappa shape index (κ3) is 1.78. The average molecular weight is 179 g/mol. The average Bonchev–Trinajstić information content (AvgIpc) is 2.87. The van der Waals surface area contributed by atoms with Crippen molar-refractivity contribution in [2.75, 3.05) is 6.61 Å². The summed E-state index contributed by atoms with van der Waals surface area (Å²) in [6.07, 6.45) is -0.733. The molecule has 68 valence electrons. The molecule has 1 aliphatic heterocycles. The zero-order chi connectivity index (χ0) is 9.26. The molecule has 2 rings (SSSR count). The lowest BCUT2D eigenvalue weighted by atomic mass is 10.1. The first-order valence-corrected chi connectivity index (χ1v) is 3.95. The van der Waals surface area contributed by atoms with Crippen molar-refractivity contribution in [2.24, 2.45) is 5.73 Å². The number of nitrogens with two attached hydrogens (primary N) is 1. The topological polar surface area (TPSA) is 64.9 Å². The molecule has 0 radical (unpaired) electrons. The number of primary amides is 1. The Balaban J connectivity index is 2.26. The maximum absolute atomic E-state index is 10.5. The van der Waals surface area contributed by atoms with E-state index in [4.69, 9.17) is 15.2 Å². The van der Waals surface area contributed by atoms with Crippen LogP contribution in [0.25, 0.3) is 0 Å². The molecule has 4 heteroatoms. The number of carbonyl (C=O) groups excluding carboxylic acids is 1. The van der Waals surface area contributed by atoms with Gasteiger partial charge in [0.1, 0.15) is 11.9 Å². The number of carbonyl (C=O) groups is 1. The Kier molecular flexibility index (Phi) is 1.90. The number of benzene rings is 1. The molecule has 1 unspecified atom stereocenters. The highest BCUT2D eigenvalue weighted by Crippen LogP contribution is 2.35. The smallest absolute Gasteiger partial charge is 0.409 e. The molecule has 1 heterocycles. The zero-order valence-corrected chi connectivity index (χ0v) is 6.90. The van der Waals surface area contributed by atoms with Crippen LogP contribution in [0.15, 0.2) is 24.3 Å². The molecule has 13 heavy (non-hydrogen) atoms. The van der Waals surface area contributed by atoms with Crippen LogP contribution in [0.2, 0.25) is 0 Å². The van der Waals surface area contributed by atoms with Crippen molar-refractivity contribution in [3.8, 4) is 5.75 Å². The zero-order valence-electron chi connectivity index (χ0n) is 6.90. The molecule has 0 spiro atoms. The molecule has 0 aromatic heterocycles. The van der Waals surface area contributed by atoms with Gasteiger partial charge in [-0.05, 0) is 6.07 Å². The van der Waals surface area contributed by atoms with E-state index in [-0.39, 0.29) is 6.10 Å². The van der Waals surface area contributed by atoms with Crippen LogP contribution < -0.4 is 10.5 Å². The third-order valence-electron chi connectivity index (χ3n) is 1.81. The molecule has 1 atom stereocenters. The summed E-state index contributed by atoms with van der Waals surface area (Å²) in [5, 5.41) is 0. The van der Waals surface area contributed by atoms with Gasteiger partial charge in [0.05, 0.1) is 6.61 Å². The van der Waals surface area contributed by atoms with Gasteiger partial charge in [0, 0.05) is 5.56 Å². The number of epoxide rings is 1. The SMILES string of the molecule is NC(=O)Oc1ccccc1C1CO1. The van der Waals surface area contributed by atoms with E-state index in [0.717, 1.165) is 5.56 Å². The molecule has 0 saturated carbocycles. The molecule has 0 bridgehead atoms. The summed E-state index contributed by atoms with van der Waals surface area (Å²) in [5.74, 6) is 0.484. The monoisotopic (exact) mass is 179 g/mol. The lowest BCUT2D eigenvalue weighted by Gasteiger charge is -2.04. The normalized spacial score (nSPS) is 19.5. The van der Waals surface area contributed by atoms with E-state index in [1.165, 1.54) is 0 Å². The molecular formula is C9H9NO3. The lowest BCUT2D eigenvalue weighted by molar-refractivity contribution is 0.210. The molecule has 1 amide bonds. The van der Waals surface area contributed by atoms with Gasteiger partial charge >= 0.3 is 6.09 Å². The number of ether oxygens (including phenoxy) is 2. The molecule has 4 nitrogen and oxygen atoms in total. The van der Waals surface area contributed by atoms with Crippen molar-refractivity contribution in [1.82, 2.24) is 0 Å². The summed E-state index contributed by atoms with van der Waals surface area (Å²) in [5.41, 5.74) is 5.79. The van der Waals surface area contributed by atoms with Crippen molar-refractivity contribution < 1.29 is 14.3 Å². The van der Waals surface area contributed by atoms with Crippen molar-refractivity contribution in [3.63, 3.8) is 0 Å².